The minimum atomic E-state index is -1.17. The molecule has 0 aromatic carbocycles. The summed E-state index contributed by atoms with van der Waals surface area (Å²) >= 11 is 0. The molecule has 23 heavy (non-hydrogen) atoms. The number of hydrogen-bond donors (Lipinski definition) is 2. The quantitative estimate of drug-likeness (QED) is 0.503. The minimum Gasteiger partial charge on any atom is -0.378 e. The predicted octanol–water partition coefficient (Wildman–Crippen LogP) is 1.83. The number of rotatable bonds is 13. The molecule has 0 fully saturated rings. The van der Waals surface area contributed by atoms with E-state index in [1.165, 1.54) is 7.11 Å². The smallest absolute Gasteiger partial charge is 0.245 e. The summed E-state index contributed by atoms with van der Waals surface area (Å²) in [6, 6.07) is 0. The van der Waals surface area contributed by atoms with Crippen molar-refractivity contribution >= 4 is 11.8 Å². The fraction of sp³-hybridized carbons (Fsp3) is 0.875. The number of methoxy groups -OCH3 is 1. The summed E-state index contributed by atoms with van der Waals surface area (Å²) in [5.74, 6) is -0.281. The Labute approximate surface area is 139 Å². The first kappa shape index (κ1) is 24.0. The van der Waals surface area contributed by atoms with Gasteiger partial charge in [-0.3, -0.25) is 9.59 Å². The number of amides is 2. The Morgan fingerprint density at radius 1 is 1.09 bits per heavy atom. The van der Waals surface area contributed by atoms with Crippen LogP contribution in [0.25, 0.3) is 0 Å². The molecule has 0 bridgehead atoms. The van der Waals surface area contributed by atoms with Gasteiger partial charge in [-0.15, -0.1) is 0 Å². The van der Waals surface area contributed by atoms with E-state index in [9.17, 15) is 14.0 Å². The molecule has 0 saturated carbocycles. The molecule has 2 amide bonds. The van der Waals surface area contributed by atoms with Crippen molar-refractivity contribution in [3.8, 4) is 0 Å². The first-order valence-electron chi connectivity index (χ1n) is 8.34. The Hall–Kier alpha value is -1.21. The highest BCUT2D eigenvalue weighted by Crippen LogP contribution is 1.97. The summed E-state index contributed by atoms with van der Waals surface area (Å²) < 4.78 is 23.2. The van der Waals surface area contributed by atoms with Gasteiger partial charge in [0.15, 0.2) is 0 Å². The second-order valence-corrected chi connectivity index (χ2v) is 4.67. The Bertz CT molecular complexity index is 291. The first-order valence-corrected chi connectivity index (χ1v) is 8.34. The Balaban J connectivity index is 0. The van der Waals surface area contributed by atoms with Gasteiger partial charge in [-0.05, 0) is 19.3 Å². The van der Waals surface area contributed by atoms with Crippen LogP contribution in [0, 0.1) is 0 Å². The second kappa shape index (κ2) is 18.8. The lowest BCUT2D eigenvalue weighted by atomic mass is 10.2. The molecular weight excluding hydrogens is 303 g/mol. The van der Waals surface area contributed by atoms with Crippen molar-refractivity contribution in [2.24, 2.45) is 0 Å². The van der Waals surface area contributed by atoms with Crippen molar-refractivity contribution in [1.29, 1.82) is 0 Å². The third kappa shape index (κ3) is 18.7. The van der Waals surface area contributed by atoms with Crippen LogP contribution >= 0.6 is 0 Å². The molecule has 138 valence electrons. The van der Waals surface area contributed by atoms with Crippen LogP contribution in [0.2, 0.25) is 0 Å². The van der Waals surface area contributed by atoms with Gasteiger partial charge in [0.05, 0.1) is 13.2 Å². The third-order valence-electron chi connectivity index (χ3n) is 2.70. The molecule has 0 spiro atoms. The predicted molar refractivity (Wildman–Crippen MR) is 89.1 cm³/mol. The molecular formula is C16H33FN2O4. The van der Waals surface area contributed by atoms with Crippen molar-refractivity contribution < 1.29 is 23.5 Å². The number of nitrogens with one attached hydrogen (secondary N) is 2. The van der Waals surface area contributed by atoms with E-state index in [1.807, 2.05) is 13.8 Å². The van der Waals surface area contributed by atoms with Crippen LogP contribution < -0.4 is 10.6 Å². The van der Waals surface area contributed by atoms with E-state index in [-0.39, 0.29) is 31.6 Å². The molecule has 0 aromatic rings. The molecule has 0 radical (unpaired) electrons. The molecule has 0 rings (SSSR count). The summed E-state index contributed by atoms with van der Waals surface area (Å²) in [4.78, 5) is 22.0. The van der Waals surface area contributed by atoms with E-state index < -0.39 is 6.17 Å². The lowest BCUT2D eigenvalue weighted by molar-refractivity contribution is -0.124. The van der Waals surface area contributed by atoms with Gasteiger partial charge in [-0.25, -0.2) is 4.39 Å². The van der Waals surface area contributed by atoms with Crippen molar-refractivity contribution in [2.75, 3.05) is 40.0 Å². The van der Waals surface area contributed by atoms with Gasteiger partial charge in [0.25, 0.3) is 0 Å². The Kier molecular flexibility index (Phi) is 19.7. The Morgan fingerprint density at radius 3 is 2.39 bits per heavy atom. The van der Waals surface area contributed by atoms with Crippen molar-refractivity contribution in [3.05, 3.63) is 0 Å². The van der Waals surface area contributed by atoms with Crippen molar-refractivity contribution in [1.82, 2.24) is 10.6 Å². The number of unbranched alkanes of at least 4 members (excludes halogenated alkanes) is 2. The van der Waals surface area contributed by atoms with E-state index in [4.69, 9.17) is 4.74 Å². The minimum absolute atomic E-state index is 0.00178. The van der Waals surface area contributed by atoms with E-state index in [2.05, 4.69) is 15.4 Å². The van der Waals surface area contributed by atoms with E-state index >= 15 is 0 Å². The van der Waals surface area contributed by atoms with Gasteiger partial charge in [0.2, 0.25) is 11.8 Å². The zero-order valence-corrected chi connectivity index (χ0v) is 15.0. The first-order chi connectivity index (χ1) is 11.1. The lowest BCUT2D eigenvalue weighted by Gasteiger charge is -2.10. The number of halogens is 1. The summed E-state index contributed by atoms with van der Waals surface area (Å²) in [5, 5.41) is 5.20. The Morgan fingerprint density at radius 2 is 1.78 bits per heavy atom. The zero-order valence-electron chi connectivity index (χ0n) is 15.0. The van der Waals surface area contributed by atoms with Crippen LogP contribution in [0.5, 0.6) is 0 Å². The summed E-state index contributed by atoms with van der Waals surface area (Å²) in [7, 11) is 1.47. The standard InChI is InChI=1S/C14H27FN2O4.C2H6/c1-3-13(18)17-9-12(15)10-21-8-6-4-5-7-16-14(19)11-20-2;1-2/h12H,3-11H2,1-2H3,(H,16,19)(H,17,18);1-2H3. The van der Waals surface area contributed by atoms with E-state index in [1.54, 1.807) is 6.92 Å². The fourth-order valence-corrected chi connectivity index (χ4v) is 1.54. The highest BCUT2D eigenvalue weighted by molar-refractivity contribution is 5.77. The zero-order chi connectivity index (χ0) is 17.9. The molecule has 7 heteroatoms. The van der Waals surface area contributed by atoms with Crippen LogP contribution in [0.1, 0.15) is 46.5 Å². The van der Waals surface area contributed by atoms with Crippen LogP contribution in [0.15, 0.2) is 0 Å². The van der Waals surface area contributed by atoms with Gasteiger partial charge in [-0.2, -0.15) is 0 Å². The summed E-state index contributed by atoms with van der Waals surface area (Å²) in [5.41, 5.74) is 0. The van der Waals surface area contributed by atoms with Gasteiger partial charge in [0.1, 0.15) is 12.8 Å². The number of ether oxygens (including phenoxy) is 2. The molecule has 1 atom stereocenters. The molecule has 0 aromatic heterocycles. The van der Waals surface area contributed by atoms with Gasteiger partial charge in [-0.1, -0.05) is 20.8 Å². The number of carbonyl (C=O) groups is 2. The monoisotopic (exact) mass is 336 g/mol. The number of hydrogen-bond acceptors (Lipinski definition) is 4. The molecule has 0 aliphatic carbocycles. The molecule has 2 N–H and O–H groups in total. The number of alkyl halides is 1. The topological polar surface area (TPSA) is 76.7 Å². The molecule has 0 heterocycles. The maximum absolute atomic E-state index is 13.3. The molecule has 0 saturated heterocycles. The molecule has 1 unspecified atom stereocenters. The number of carbonyl (C=O) groups excluding carboxylic acids is 2. The van der Waals surface area contributed by atoms with E-state index in [0.29, 0.717) is 19.6 Å². The average molecular weight is 336 g/mol. The second-order valence-electron chi connectivity index (χ2n) is 4.67. The third-order valence-corrected chi connectivity index (χ3v) is 2.70. The molecule has 0 aliphatic rings. The van der Waals surface area contributed by atoms with E-state index in [0.717, 1.165) is 19.3 Å². The maximum Gasteiger partial charge on any atom is 0.245 e. The highest BCUT2D eigenvalue weighted by Gasteiger charge is 2.07. The van der Waals surface area contributed by atoms with Crippen molar-refractivity contribution in [2.45, 2.75) is 52.6 Å². The van der Waals surface area contributed by atoms with Crippen LogP contribution in [0.3, 0.4) is 0 Å². The van der Waals surface area contributed by atoms with Crippen LogP contribution in [-0.2, 0) is 19.1 Å². The SMILES string of the molecule is CC.CCC(=O)NCC(F)COCCCCCNC(=O)COC. The summed E-state index contributed by atoms with van der Waals surface area (Å²) in [6.07, 6.45) is 1.75. The fourth-order valence-electron chi connectivity index (χ4n) is 1.54. The van der Waals surface area contributed by atoms with Gasteiger partial charge < -0.3 is 20.1 Å². The van der Waals surface area contributed by atoms with Crippen molar-refractivity contribution in [3.63, 3.8) is 0 Å². The molecule has 0 aliphatic heterocycles. The molecule has 6 nitrogen and oxygen atoms in total. The van der Waals surface area contributed by atoms with Crippen LogP contribution in [-0.4, -0.2) is 58.0 Å². The largest absolute Gasteiger partial charge is 0.378 e. The van der Waals surface area contributed by atoms with Gasteiger partial charge in [0, 0.05) is 26.7 Å². The summed E-state index contributed by atoms with van der Waals surface area (Å²) in [6.45, 7) is 6.88. The average Bonchev–Trinajstić information content (AvgIpc) is 2.57. The van der Waals surface area contributed by atoms with Gasteiger partial charge >= 0.3 is 0 Å². The normalized spacial score (nSPS) is 11.2. The van der Waals surface area contributed by atoms with Crippen LogP contribution in [0.4, 0.5) is 4.39 Å². The maximum atomic E-state index is 13.3. The highest BCUT2D eigenvalue weighted by atomic mass is 19.1. The lowest BCUT2D eigenvalue weighted by Crippen LogP contribution is -2.31.